The average Bonchev–Trinajstić information content (AvgIpc) is 3.34. The fraction of sp³-hybridized carbons (Fsp3) is 0.222. The molecular weight excluding hydrogens is 657 g/mol. The SMILES string of the molecule is Cl.O=C(NC1CCC(n2c(=O)c3cc(F)cnc3n(-c3cccc(I)c3)c2=O)CC1)c1cn2cc(F)ccc2n1. The van der Waals surface area contributed by atoms with Crippen LogP contribution in [0.1, 0.15) is 42.2 Å². The summed E-state index contributed by atoms with van der Waals surface area (Å²) in [6.07, 6.45) is 5.65. The van der Waals surface area contributed by atoms with Gasteiger partial charge in [-0.1, -0.05) is 6.07 Å². The fourth-order valence-corrected chi connectivity index (χ4v) is 5.69. The number of fused-ring (bicyclic) bond motifs is 2. The Morgan fingerprint density at radius 1 is 1.00 bits per heavy atom. The standard InChI is InChI=1S/C27H21F2IN6O3.ClH/c28-15-4-9-23-33-22(14-34(23)13-15)25(37)32-18-5-7-19(8-6-18)36-26(38)21-10-16(29)12-31-24(21)35(27(36)39)20-3-1-2-17(30)11-20;/h1-4,9-14,18-19H,5-8H2,(H,32,37);1H. The Morgan fingerprint density at radius 3 is 2.52 bits per heavy atom. The summed E-state index contributed by atoms with van der Waals surface area (Å²) >= 11 is 2.13. The van der Waals surface area contributed by atoms with Gasteiger partial charge in [0, 0.05) is 28.0 Å². The third kappa shape index (κ3) is 5.12. The lowest BCUT2D eigenvalue weighted by Gasteiger charge is -2.30. The molecule has 40 heavy (non-hydrogen) atoms. The number of carbonyl (C=O) groups excluding carboxylic acids is 1. The van der Waals surface area contributed by atoms with Gasteiger partial charge in [-0.25, -0.2) is 28.1 Å². The molecule has 0 unspecified atom stereocenters. The van der Waals surface area contributed by atoms with Gasteiger partial charge < -0.3 is 9.72 Å². The molecule has 6 rings (SSSR count). The molecule has 0 bridgehead atoms. The van der Waals surface area contributed by atoms with Crippen molar-refractivity contribution in [3.63, 3.8) is 0 Å². The molecule has 1 aliphatic carbocycles. The molecule has 0 aliphatic heterocycles. The molecule has 4 heterocycles. The highest BCUT2D eigenvalue weighted by atomic mass is 127. The lowest BCUT2D eigenvalue weighted by Crippen LogP contribution is -2.45. The van der Waals surface area contributed by atoms with Crippen molar-refractivity contribution in [3.05, 3.63) is 103 Å². The third-order valence-corrected chi connectivity index (χ3v) is 7.67. The minimum atomic E-state index is -0.667. The highest BCUT2D eigenvalue weighted by Gasteiger charge is 2.28. The quantitative estimate of drug-likeness (QED) is 0.284. The number of imidazole rings is 1. The molecule has 1 N–H and O–H groups in total. The normalized spacial score (nSPS) is 17.1. The summed E-state index contributed by atoms with van der Waals surface area (Å²) in [5, 5.41) is 2.97. The minimum Gasteiger partial charge on any atom is -0.348 e. The van der Waals surface area contributed by atoms with Crippen LogP contribution in [0.2, 0.25) is 0 Å². The van der Waals surface area contributed by atoms with Crippen LogP contribution < -0.4 is 16.6 Å². The van der Waals surface area contributed by atoms with Crippen LogP contribution in [0.15, 0.2) is 70.6 Å². The smallest absolute Gasteiger partial charge is 0.337 e. The molecule has 1 aliphatic rings. The van der Waals surface area contributed by atoms with E-state index in [4.69, 9.17) is 0 Å². The molecule has 1 amide bonds. The highest BCUT2D eigenvalue weighted by Crippen LogP contribution is 2.28. The van der Waals surface area contributed by atoms with Crippen molar-refractivity contribution >= 4 is 57.6 Å². The van der Waals surface area contributed by atoms with E-state index >= 15 is 0 Å². The number of halogens is 4. The van der Waals surface area contributed by atoms with Gasteiger partial charge in [-0.05, 0) is 84.7 Å². The zero-order chi connectivity index (χ0) is 27.3. The topological polar surface area (TPSA) is 103 Å². The van der Waals surface area contributed by atoms with Gasteiger partial charge in [0.25, 0.3) is 11.5 Å². The van der Waals surface area contributed by atoms with Crippen LogP contribution in [0.3, 0.4) is 0 Å². The molecular formula is C27H22ClF2IN6O3. The predicted molar refractivity (Wildman–Crippen MR) is 155 cm³/mol. The summed E-state index contributed by atoms with van der Waals surface area (Å²) in [6, 6.07) is 10.5. The predicted octanol–water partition coefficient (Wildman–Crippen LogP) is 4.41. The first kappa shape index (κ1) is 27.9. The maximum Gasteiger partial charge on any atom is 0.337 e. The van der Waals surface area contributed by atoms with Gasteiger partial charge in [-0.15, -0.1) is 12.4 Å². The Morgan fingerprint density at radius 2 is 1.77 bits per heavy atom. The van der Waals surface area contributed by atoms with Gasteiger partial charge in [-0.3, -0.25) is 14.2 Å². The fourth-order valence-electron chi connectivity index (χ4n) is 5.16. The molecule has 0 spiro atoms. The molecule has 0 atom stereocenters. The summed E-state index contributed by atoms with van der Waals surface area (Å²) in [4.78, 5) is 48.3. The number of nitrogens with zero attached hydrogens (tertiary/aromatic N) is 5. The van der Waals surface area contributed by atoms with E-state index in [9.17, 15) is 23.2 Å². The van der Waals surface area contributed by atoms with Crippen LogP contribution in [0.5, 0.6) is 0 Å². The van der Waals surface area contributed by atoms with Crippen molar-refractivity contribution in [3.8, 4) is 5.69 Å². The maximum absolute atomic E-state index is 14.1. The van der Waals surface area contributed by atoms with E-state index in [-0.39, 0.29) is 41.1 Å². The van der Waals surface area contributed by atoms with Gasteiger partial charge in [0.1, 0.15) is 23.0 Å². The van der Waals surface area contributed by atoms with Crippen molar-refractivity contribution in [1.82, 2.24) is 28.8 Å². The third-order valence-electron chi connectivity index (χ3n) is 7.00. The summed E-state index contributed by atoms with van der Waals surface area (Å²) in [5.74, 6) is -1.48. The summed E-state index contributed by atoms with van der Waals surface area (Å²) < 4.78 is 32.5. The number of hydrogen-bond donors (Lipinski definition) is 1. The molecule has 1 aromatic carbocycles. The second-order valence-electron chi connectivity index (χ2n) is 9.52. The lowest BCUT2D eigenvalue weighted by molar-refractivity contribution is 0.0917. The molecule has 13 heteroatoms. The number of rotatable bonds is 4. The van der Waals surface area contributed by atoms with Crippen molar-refractivity contribution in [2.24, 2.45) is 0 Å². The first-order valence-electron chi connectivity index (χ1n) is 12.3. The van der Waals surface area contributed by atoms with E-state index in [1.54, 1.807) is 18.2 Å². The first-order chi connectivity index (χ1) is 18.8. The van der Waals surface area contributed by atoms with E-state index < -0.39 is 28.9 Å². The summed E-state index contributed by atoms with van der Waals surface area (Å²) in [5.41, 5.74) is 0.113. The van der Waals surface area contributed by atoms with Crippen LogP contribution >= 0.6 is 35.0 Å². The molecule has 0 radical (unpaired) electrons. The molecule has 5 aromatic rings. The van der Waals surface area contributed by atoms with E-state index in [1.165, 1.54) is 38.1 Å². The Hall–Kier alpha value is -3.65. The van der Waals surface area contributed by atoms with Crippen molar-refractivity contribution in [2.75, 3.05) is 0 Å². The van der Waals surface area contributed by atoms with Gasteiger partial charge in [0.2, 0.25) is 0 Å². The second-order valence-corrected chi connectivity index (χ2v) is 10.8. The minimum absolute atomic E-state index is 0. The van der Waals surface area contributed by atoms with E-state index in [0.29, 0.717) is 37.0 Å². The van der Waals surface area contributed by atoms with Gasteiger partial charge in [-0.2, -0.15) is 0 Å². The Bertz CT molecular complexity index is 1880. The van der Waals surface area contributed by atoms with Crippen molar-refractivity contribution < 1.29 is 13.6 Å². The molecule has 206 valence electrons. The molecule has 1 fully saturated rings. The molecule has 4 aromatic heterocycles. The summed E-state index contributed by atoms with van der Waals surface area (Å²) in [7, 11) is 0. The molecule has 1 saturated carbocycles. The number of carbonyl (C=O) groups is 1. The second kappa shape index (κ2) is 11.1. The summed E-state index contributed by atoms with van der Waals surface area (Å²) in [6.45, 7) is 0. The first-order valence-corrected chi connectivity index (χ1v) is 13.4. The van der Waals surface area contributed by atoms with E-state index in [0.717, 1.165) is 15.8 Å². The average molecular weight is 679 g/mol. The molecule has 0 saturated heterocycles. The molecule has 9 nitrogen and oxygen atoms in total. The number of nitrogens with one attached hydrogen (secondary N) is 1. The Balaban J connectivity index is 0.00000323. The Kier molecular flexibility index (Phi) is 7.73. The van der Waals surface area contributed by atoms with Gasteiger partial charge in [0.15, 0.2) is 5.65 Å². The zero-order valence-electron chi connectivity index (χ0n) is 20.8. The van der Waals surface area contributed by atoms with E-state index in [2.05, 4.69) is 37.9 Å². The monoisotopic (exact) mass is 678 g/mol. The van der Waals surface area contributed by atoms with Crippen molar-refractivity contribution in [1.29, 1.82) is 0 Å². The van der Waals surface area contributed by atoms with E-state index in [1.807, 2.05) is 6.07 Å². The number of benzene rings is 1. The number of pyridine rings is 2. The van der Waals surface area contributed by atoms with Crippen LogP contribution in [-0.4, -0.2) is 35.5 Å². The van der Waals surface area contributed by atoms with Crippen molar-refractivity contribution in [2.45, 2.75) is 37.8 Å². The van der Waals surface area contributed by atoms with Crippen LogP contribution in [0.25, 0.3) is 22.4 Å². The zero-order valence-corrected chi connectivity index (χ0v) is 23.7. The van der Waals surface area contributed by atoms with Gasteiger partial charge >= 0.3 is 5.69 Å². The number of amides is 1. The number of aromatic nitrogens is 5. The number of hydrogen-bond acceptors (Lipinski definition) is 5. The lowest BCUT2D eigenvalue weighted by atomic mass is 9.90. The maximum atomic E-state index is 14.1. The highest BCUT2D eigenvalue weighted by molar-refractivity contribution is 14.1. The van der Waals surface area contributed by atoms with Gasteiger partial charge in [0.05, 0.1) is 17.3 Å². The van der Waals surface area contributed by atoms with Crippen LogP contribution in [0.4, 0.5) is 8.78 Å². The van der Waals surface area contributed by atoms with Crippen LogP contribution in [0, 0.1) is 15.2 Å². The Labute approximate surface area is 245 Å². The largest absolute Gasteiger partial charge is 0.348 e. The van der Waals surface area contributed by atoms with Crippen LogP contribution in [-0.2, 0) is 0 Å².